The van der Waals surface area contributed by atoms with Crippen LogP contribution in [-0.2, 0) is 0 Å². The Balaban J connectivity index is 2.64. The number of thioether (sulfide) groups is 1. The SMILES string of the molecule is CCC(=NC)Sc1ccccc1. The van der Waals surface area contributed by atoms with Crippen molar-refractivity contribution in [3.63, 3.8) is 0 Å². The standard InChI is InChI=1S/C10H13NS/c1-3-10(11-2)12-9-7-5-4-6-8-9/h4-8H,3H2,1-2H3. The molecule has 0 spiro atoms. The van der Waals surface area contributed by atoms with Crippen molar-refractivity contribution in [1.82, 2.24) is 0 Å². The van der Waals surface area contributed by atoms with Gasteiger partial charge in [-0.05, 0) is 18.6 Å². The molecule has 0 aliphatic carbocycles. The molecule has 0 aliphatic heterocycles. The van der Waals surface area contributed by atoms with Crippen molar-refractivity contribution in [2.75, 3.05) is 7.05 Å². The van der Waals surface area contributed by atoms with E-state index in [9.17, 15) is 0 Å². The predicted octanol–water partition coefficient (Wildman–Crippen LogP) is 3.22. The van der Waals surface area contributed by atoms with E-state index in [1.54, 1.807) is 11.8 Å². The molecule has 0 saturated heterocycles. The minimum absolute atomic E-state index is 1.01. The Morgan fingerprint density at radius 1 is 1.33 bits per heavy atom. The van der Waals surface area contributed by atoms with Crippen LogP contribution in [0.15, 0.2) is 40.2 Å². The summed E-state index contributed by atoms with van der Waals surface area (Å²) in [6.45, 7) is 2.12. The highest BCUT2D eigenvalue weighted by molar-refractivity contribution is 8.14. The second-order valence-electron chi connectivity index (χ2n) is 2.39. The first-order valence-corrected chi connectivity index (χ1v) is 4.87. The maximum absolute atomic E-state index is 4.18. The normalized spacial score (nSPS) is 11.7. The predicted molar refractivity (Wildman–Crippen MR) is 55.9 cm³/mol. The first-order chi connectivity index (χ1) is 5.86. The molecule has 1 aromatic rings. The van der Waals surface area contributed by atoms with Gasteiger partial charge in [0, 0.05) is 11.9 Å². The highest BCUT2D eigenvalue weighted by Crippen LogP contribution is 2.20. The van der Waals surface area contributed by atoms with Crippen LogP contribution in [0.1, 0.15) is 13.3 Å². The van der Waals surface area contributed by atoms with Gasteiger partial charge in [0.1, 0.15) is 0 Å². The molecule has 0 N–H and O–H groups in total. The van der Waals surface area contributed by atoms with Crippen molar-refractivity contribution in [3.05, 3.63) is 30.3 Å². The Morgan fingerprint density at radius 2 is 2.00 bits per heavy atom. The molecule has 2 heteroatoms. The molecule has 0 radical (unpaired) electrons. The van der Waals surface area contributed by atoms with E-state index < -0.39 is 0 Å². The van der Waals surface area contributed by atoms with Crippen molar-refractivity contribution in [3.8, 4) is 0 Å². The fourth-order valence-corrected chi connectivity index (χ4v) is 1.70. The molecule has 1 rings (SSSR count). The summed E-state index contributed by atoms with van der Waals surface area (Å²) in [5.74, 6) is 0. The molecule has 0 atom stereocenters. The van der Waals surface area contributed by atoms with E-state index in [4.69, 9.17) is 0 Å². The second kappa shape index (κ2) is 4.99. The molecule has 0 unspecified atom stereocenters. The largest absolute Gasteiger partial charge is 0.286 e. The molecule has 0 fully saturated rings. The van der Waals surface area contributed by atoms with Crippen LogP contribution >= 0.6 is 11.8 Å². The van der Waals surface area contributed by atoms with Gasteiger partial charge in [0.15, 0.2) is 0 Å². The van der Waals surface area contributed by atoms with Crippen molar-refractivity contribution in [2.45, 2.75) is 18.2 Å². The van der Waals surface area contributed by atoms with Crippen LogP contribution in [0.5, 0.6) is 0 Å². The fourth-order valence-electron chi connectivity index (χ4n) is 0.901. The molecule has 1 nitrogen and oxygen atoms in total. The van der Waals surface area contributed by atoms with E-state index in [2.05, 4.69) is 24.0 Å². The van der Waals surface area contributed by atoms with E-state index in [0.717, 1.165) is 6.42 Å². The van der Waals surface area contributed by atoms with Gasteiger partial charge in [-0.25, -0.2) is 0 Å². The van der Waals surface area contributed by atoms with E-state index in [1.807, 2.05) is 25.2 Å². The van der Waals surface area contributed by atoms with Gasteiger partial charge in [-0.1, -0.05) is 36.9 Å². The van der Waals surface area contributed by atoms with Gasteiger partial charge in [0.2, 0.25) is 0 Å². The molecule has 12 heavy (non-hydrogen) atoms. The quantitative estimate of drug-likeness (QED) is 0.386. The number of nitrogens with zero attached hydrogens (tertiary/aromatic N) is 1. The Hall–Kier alpha value is -0.760. The van der Waals surface area contributed by atoms with Crippen LogP contribution in [0.3, 0.4) is 0 Å². The zero-order chi connectivity index (χ0) is 8.81. The third-order valence-electron chi connectivity index (χ3n) is 1.53. The van der Waals surface area contributed by atoms with Gasteiger partial charge < -0.3 is 0 Å². The van der Waals surface area contributed by atoms with Gasteiger partial charge >= 0.3 is 0 Å². The monoisotopic (exact) mass is 179 g/mol. The summed E-state index contributed by atoms with van der Waals surface area (Å²) in [4.78, 5) is 5.45. The summed E-state index contributed by atoms with van der Waals surface area (Å²) in [5.41, 5.74) is 0. The van der Waals surface area contributed by atoms with E-state index >= 15 is 0 Å². The van der Waals surface area contributed by atoms with Gasteiger partial charge in [-0.2, -0.15) is 0 Å². The molecule has 0 aromatic heterocycles. The zero-order valence-corrected chi connectivity index (χ0v) is 8.27. The summed E-state index contributed by atoms with van der Waals surface area (Å²) < 4.78 is 0. The summed E-state index contributed by atoms with van der Waals surface area (Å²) in [5, 5.41) is 1.18. The van der Waals surface area contributed by atoms with Crippen LogP contribution in [0.4, 0.5) is 0 Å². The Morgan fingerprint density at radius 3 is 2.50 bits per heavy atom. The molecule has 64 valence electrons. The lowest BCUT2D eigenvalue weighted by Gasteiger charge is -2.00. The third kappa shape index (κ3) is 2.70. The Kier molecular flexibility index (Phi) is 3.88. The number of hydrogen-bond donors (Lipinski definition) is 0. The van der Waals surface area contributed by atoms with Gasteiger partial charge in [-0.15, -0.1) is 0 Å². The molecule has 0 aliphatic rings. The van der Waals surface area contributed by atoms with Crippen molar-refractivity contribution < 1.29 is 0 Å². The summed E-state index contributed by atoms with van der Waals surface area (Å²) in [6.07, 6.45) is 1.01. The van der Waals surface area contributed by atoms with Crippen LogP contribution < -0.4 is 0 Å². The van der Waals surface area contributed by atoms with Crippen LogP contribution in [-0.4, -0.2) is 12.1 Å². The van der Waals surface area contributed by atoms with Crippen molar-refractivity contribution in [2.24, 2.45) is 4.99 Å². The highest BCUT2D eigenvalue weighted by Gasteiger charge is 1.96. The zero-order valence-electron chi connectivity index (χ0n) is 7.45. The third-order valence-corrected chi connectivity index (χ3v) is 2.75. The van der Waals surface area contributed by atoms with Crippen molar-refractivity contribution >= 4 is 16.8 Å². The van der Waals surface area contributed by atoms with E-state index in [1.165, 1.54) is 9.94 Å². The number of rotatable bonds is 2. The molecular formula is C10H13NS. The highest BCUT2D eigenvalue weighted by atomic mass is 32.2. The van der Waals surface area contributed by atoms with E-state index in [-0.39, 0.29) is 0 Å². The topological polar surface area (TPSA) is 12.4 Å². The van der Waals surface area contributed by atoms with Gasteiger partial charge in [-0.3, -0.25) is 4.99 Å². The maximum Gasteiger partial charge on any atom is 0.0717 e. The first kappa shape index (κ1) is 9.33. The molecule has 1 aromatic carbocycles. The van der Waals surface area contributed by atoms with Crippen LogP contribution in [0, 0.1) is 0 Å². The number of benzene rings is 1. The lowest BCUT2D eigenvalue weighted by molar-refractivity contribution is 1.28. The minimum atomic E-state index is 1.01. The Bertz CT molecular complexity index is 254. The lowest BCUT2D eigenvalue weighted by Crippen LogP contribution is -1.87. The summed E-state index contributed by atoms with van der Waals surface area (Å²) in [7, 11) is 1.84. The summed E-state index contributed by atoms with van der Waals surface area (Å²) in [6, 6.07) is 10.3. The molecule has 0 bridgehead atoms. The van der Waals surface area contributed by atoms with Gasteiger partial charge in [0.25, 0.3) is 0 Å². The first-order valence-electron chi connectivity index (χ1n) is 4.05. The maximum atomic E-state index is 4.18. The molecule has 0 heterocycles. The smallest absolute Gasteiger partial charge is 0.0717 e. The average molecular weight is 179 g/mol. The van der Waals surface area contributed by atoms with Gasteiger partial charge in [0.05, 0.1) is 5.04 Å². The molecular weight excluding hydrogens is 166 g/mol. The van der Waals surface area contributed by atoms with E-state index in [0.29, 0.717) is 0 Å². The summed E-state index contributed by atoms with van der Waals surface area (Å²) >= 11 is 1.74. The molecule has 0 saturated carbocycles. The van der Waals surface area contributed by atoms with Crippen molar-refractivity contribution in [1.29, 1.82) is 0 Å². The molecule has 0 amide bonds. The Labute approximate surface area is 77.9 Å². The number of hydrogen-bond acceptors (Lipinski definition) is 2. The van der Waals surface area contributed by atoms with Crippen LogP contribution in [0.2, 0.25) is 0 Å². The minimum Gasteiger partial charge on any atom is -0.286 e. The lowest BCUT2D eigenvalue weighted by atomic mass is 10.4. The van der Waals surface area contributed by atoms with Crippen LogP contribution in [0.25, 0.3) is 0 Å². The fraction of sp³-hybridized carbons (Fsp3) is 0.300. The number of aliphatic imine (C=N–C) groups is 1. The second-order valence-corrected chi connectivity index (χ2v) is 3.53. The average Bonchev–Trinajstić information content (AvgIpc) is 2.16.